The number of pyridine rings is 1. The molecule has 0 radical (unpaired) electrons. The van der Waals surface area contributed by atoms with E-state index in [0.29, 0.717) is 0 Å². The molecule has 17 heavy (non-hydrogen) atoms. The SMILES string of the molecule is CC(C=O)(CO)Sc1ccnc2sc(Br)cc12. The second-order valence-electron chi connectivity index (χ2n) is 3.77. The predicted octanol–water partition coefficient (Wildman–Crippen LogP) is 3.10. The van der Waals surface area contributed by atoms with Crippen LogP contribution in [0.2, 0.25) is 0 Å². The maximum absolute atomic E-state index is 11.0. The van der Waals surface area contributed by atoms with Gasteiger partial charge in [0, 0.05) is 16.5 Å². The van der Waals surface area contributed by atoms with Crippen LogP contribution < -0.4 is 0 Å². The zero-order valence-electron chi connectivity index (χ0n) is 9.01. The van der Waals surface area contributed by atoms with Crippen molar-refractivity contribution in [2.75, 3.05) is 6.61 Å². The maximum Gasteiger partial charge on any atom is 0.138 e. The van der Waals surface area contributed by atoms with Gasteiger partial charge in [-0.15, -0.1) is 23.1 Å². The zero-order valence-corrected chi connectivity index (χ0v) is 12.2. The fourth-order valence-electron chi connectivity index (χ4n) is 1.32. The van der Waals surface area contributed by atoms with Crippen LogP contribution in [0.5, 0.6) is 0 Å². The van der Waals surface area contributed by atoms with Crippen LogP contribution in [0.3, 0.4) is 0 Å². The van der Waals surface area contributed by atoms with Gasteiger partial charge in [0.05, 0.1) is 15.1 Å². The summed E-state index contributed by atoms with van der Waals surface area (Å²) in [5.41, 5.74) is 0. The van der Waals surface area contributed by atoms with Gasteiger partial charge in [-0.2, -0.15) is 0 Å². The van der Waals surface area contributed by atoms with Gasteiger partial charge in [-0.25, -0.2) is 4.98 Å². The lowest BCUT2D eigenvalue weighted by atomic mass is 10.2. The van der Waals surface area contributed by atoms with E-state index in [0.717, 1.165) is 25.2 Å². The molecule has 0 aliphatic rings. The standard InChI is InChI=1S/C11H10BrNO2S2/c1-11(5-14,6-15)17-8-2-3-13-10-7(8)4-9(12)16-10/h2-5,15H,6H2,1H3. The number of hydrogen-bond donors (Lipinski definition) is 1. The van der Waals surface area contributed by atoms with E-state index in [9.17, 15) is 9.90 Å². The number of halogens is 1. The lowest BCUT2D eigenvalue weighted by Gasteiger charge is -2.19. The molecule has 2 heterocycles. The Bertz CT molecular complexity index is 557. The molecule has 2 rings (SSSR count). The summed E-state index contributed by atoms with van der Waals surface area (Å²) in [4.78, 5) is 17.2. The Kier molecular flexibility index (Phi) is 3.87. The molecule has 1 atom stereocenters. The molecule has 0 amide bonds. The van der Waals surface area contributed by atoms with Crippen molar-refractivity contribution < 1.29 is 9.90 Å². The molecule has 0 aliphatic carbocycles. The third-order valence-electron chi connectivity index (χ3n) is 2.27. The number of hydrogen-bond acceptors (Lipinski definition) is 5. The molecule has 2 aromatic heterocycles. The molecule has 0 saturated heterocycles. The van der Waals surface area contributed by atoms with Gasteiger partial charge in [-0.05, 0) is 35.0 Å². The minimum absolute atomic E-state index is 0.184. The predicted molar refractivity (Wildman–Crippen MR) is 74.7 cm³/mol. The first-order valence-corrected chi connectivity index (χ1v) is 7.31. The average molecular weight is 332 g/mol. The van der Waals surface area contributed by atoms with Gasteiger partial charge in [0.15, 0.2) is 0 Å². The number of aldehydes is 1. The first-order chi connectivity index (χ1) is 8.08. The van der Waals surface area contributed by atoms with Crippen molar-refractivity contribution in [1.29, 1.82) is 0 Å². The third kappa shape index (κ3) is 2.70. The third-order valence-corrected chi connectivity index (χ3v) is 5.09. The van der Waals surface area contributed by atoms with E-state index in [4.69, 9.17) is 0 Å². The van der Waals surface area contributed by atoms with Crippen LogP contribution in [0.15, 0.2) is 27.0 Å². The first kappa shape index (κ1) is 13.0. The summed E-state index contributed by atoms with van der Waals surface area (Å²) < 4.78 is 0.202. The Hall–Kier alpha value is -0.430. The van der Waals surface area contributed by atoms with E-state index in [1.165, 1.54) is 11.8 Å². The summed E-state index contributed by atoms with van der Waals surface area (Å²) in [7, 11) is 0. The van der Waals surface area contributed by atoms with Crippen molar-refractivity contribution >= 4 is 55.5 Å². The number of aliphatic hydroxyl groups is 1. The molecule has 2 aromatic rings. The highest BCUT2D eigenvalue weighted by molar-refractivity contribution is 9.11. The van der Waals surface area contributed by atoms with Gasteiger partial charge in [0.2, 0.25) is 0 Å². The van der Waals surface area contributed by atoms with Crippen molar-refractivity contribution in [3.63, 3.8) is 0 Å². The minimum atomic E-state index is -0.803. The summed E-state index contributed by atoms with van der Waals surface area (Å²) in [6, 6.07) is 3.85. The number of aliphatic hydroxyl groups excluding tert-OH is 1. The van der Waals surface area contributed by atoms with Crippen LogP contribution >= 0.6 is 39.0 Å². The van der Waals surface area contributed by atoms with Gasteiger partial charge < -0.3 is 9.90 Å². The molecule has 0 bridgehead atoms. The van der Waals surface area contributed by atoms with Crippen LogP contribution in [-0.4, -0.2) is 27.7 Å². The normalized spacial score (nSPS) is 14.8. The lowest BCUT2D eigenvalue weighted by molar-refractivity contribution is -0.110. The molecule has 0 fully saturated rings. The van der Waals surface area contributed by atoms with Crippen molar-refractivity contribution in [3.05, 3.63) is 22.1 Å². The molecular weight excluding hydrogens is 322 g/mol. The Balaban J connectivity index is 2.45. The van der Waals surface area contributed by atoms with E-state index >= 15 is 0 Å². The van der Waals surface area contributed by atoms with E-state index < -0.39 is 4.75 Å². The van der Waals surface area contributed by atoms with Crippen molar-refractivity contribution in [2.45, 2.75) is 16.6 Å². The van der Waals surface area contributed by atoms with E-state index in [1.807, 2.05) is 12.1 Å². The highest BCUT2D eigenvalue weighted by Crippen LogP contribution is 2.39. The Labute approximate surface area is 115 Å². The topological polar surface area (TPSA) is 50.2 Å². The largest absolute Gasteiger partial charge is 0.394 e. The van der Waals surface area contributed by atoms with Crippen LogP contribution in [0.4, 0.5) is 0 Å². The molecule has 3 nitrogen and oxygen atoms in total. The maximum atomic E-state index is 11.0. The fourth-order valence-corrected chi connectivity index (χ4v) is 3.84. The van der Waals surface area contributed by atoms with Gasteiger partial charge >= 0.3 is 0 Å². The summed E-state index contributed by atoms with van der Waals surface area (Å²) in [6.45, 7) is 1.54. The average Bonchev–Trinajstić information content (AvgIpc) is 2.70. The number of rotatable bonds is 4. The molecule has 0 spiro atoms. The number of thiophene rings is 1. The Morgan fingerprint density at radius 2 is 2.47 bits per heavy atom. The summed E-state index contributed by atoms with van der Waals surface area (Å²) in [5.74, 6) is 0. The highest BCUT2D eigenvalue weighted by Gasteiger charge is 2.25. The van der Waals surface area contributed by atoms with Crippen LogP contribution in [0.1, 0.15) is 6.92 Å². The van der Waals surface area contributed by atoms with Crippen molar-refractivity contribution in [3.8, 4) is 0 Å². The number of aromatic nitrogens is 1. The number of thioether (sulfide) groups is 1. The quantitative estimate of drug-likeness (QED) is 0.690. The van der Waals surface area contributed by atoms with Crippen LogP contribution in [0.25, 0.3) is 10.2 Å². The summed E-state index contributed by atoms with van der Waals surface area (Å²) in [5, 5.41) is 10.3. The number of fused-ring (bicyclic) bond motifs is 1. The zero-order chi connectivity index (χ0) is 12.5. The summed E-state index contributed by atoms with van der Waals surface area (Å²) in [6.07, 6.45) is 2.50. The lowest BCUT2D eigenvalue weighted by Crippen LogP contribution is -2.26. The van der Waals surface area contributed by atoms with E-state index in [-0.39, 0.29) is 6.61 Å². The van der Waals surface area contributed by atoms with Crippen LogP contribution in [0, 0.1) is 0 Å². The van der Waals surface area contributed by atoms with Gasteiger partial charge in [0.25, 0.3) is 0 Å². The Morgan fingerprint density at radius 1 is 1.71 bits per heavy atom. The second kappa shape index (κ2) is 5.06. The molecule has 0 saturated carbocycles. The Morgan fingerprint density at radius 3 is 3.12 bits per heavy atom. The fraction of sp³-hybridized carbons (Fsp3) is 0.273. The molecule has 0 aromatic carbocycles. The smallest absolute Gasteiger partial charge is 0.138 e. The number of carbonyl (C=O) groups is 1. The van der Waals surface area contributed by atoms with Gasteiger partial charge in [-0.1, -0.05) is 0 Å². The van der Waals surface area contributed by atoms with Crippen molar-refractivity contribution in [1.82, 2.24) is 4.98 Å². The summed E-state index contributed by atoms with van der Waals surface area (Å²) >= 11 is 6.33. The highest BCUT2D eigenvalue weighted by atomic mass is 79.9. The molecule has 6 heteroatoms. The minimum Gasteiger partial charge on any atom is -0.394 e. The molecule has 1 N–H and O–H groups in total. The van der Waals surface area contributed by atoms with Gasteiger partial charge in [0.1, 0.15) is 11.1 Å². The number of carbonyl (C=O) groups excluding carboxylic acids is 1. The molecular formula is C11H10BrNO2S2. The number of nitrogens with zero attached hydrogens (tertiary/aromatic N) is 1. The molecule has 1 unspecified atom stereocenters. The van der Waals surface area contributed by atoms with E-state index in [1.54, 1.807) is 24.5 Å². The van der Waals surface area contributed by atoms with Crippen molar-refractivity contribution in [2.24, 2.45) is 0 Å². The van der Waals surface area contributed by atoms with E-state index in [2.05, 4.69) is 20.9 Å². The monoisotopic (exact) mass is 331 g/mol. The molecule has 90 valence electrons. The first-order valence-electron chi connectivity index (χ1n) is 4.88. The van der Waals surface area contributed by atoms with Crippen LogP contribution in [-0.2, 0) is 4.79 Å². The van der Waals surface area contributed by atoms with Gasteiger partial charge in [-0.3, -0.25) is 0 Å². The molecule has 0 aliphatic heterocycles. The second-order valence-corrected chi connectivity index (χ2v) is 7.76.